The number of carbonyl (C=O) groups is 1. The van der Waals surface area contributed by atoms with Crippen molar-refractivity contribution in [3.05, 3.63) is 95.0 Å². The number of carbonyl (C=O) groups excluding carboxylic acids is 1. The van der Waals surface area contributed by atoms with E-state index < -0.39 is 31.5 Å². The monoisotopic (exact) mass is 506 g/mol. The molecule has 0 aliphatic heterocycles. The summed E-state index contributed by atoms with van der Waals surface area (Å²) in [6, 6.07) is 21.1. The fourth-order valence-electron chi connectivity index (χ4n) is 3.10. The maximum atomic E-state index is 12.8. The zero-order valence-corrected chi connectivity index (χ0v) is 20.2. The van der Waals surface area contributed by atoms with Crippen LogP contribution >= 0.6 is 11.6 Å². The van der Waals surface area contributed by atoms with E-state index in [1.165, 1.54) is 35.6 Å². The van der Waals surface area contributed by atoms with Crippen LogP contribution in [-0.4, -0.2) is 39.8 Å². The van der Waals surface area contributed by atoms with Crippen molar-refractivity contribution in [1.82, 2.24) is 4.31 Å². The highest BCUT2D eigenvalue weighted by molar-refractivity contribution is 7.91. The SMILES string of the molecule is CN(Cc1ccccc1)S(=O)(=O)c1ccc(NC(=O)CS(=O)(=O)Cc2ccc(Cl)cc2)cc1. The summed E-state index contributed by atoms with van der Waals surface area (Å²) in [6.45, 7) is 0.215. The third-order valence-electron chi connectivity index (χ3n) is 4.75. The number of benzene rings is 3. The van der Waals surface area contributed by atoms with Gasteiger partial charge in [-0.05, 0) is 47.5 Å². The van der Waals surface area contributed by atoms with Gasteiger partial charge in [-0.2, -0.15) is 4.31 Å². The number of sulfone groups is 1. The molecule has 0 unspecified atom stereocenters. The van der Waals surface area contributed by atoms with Crippen LogP contribution in [0.1, 0.15) is 11.1 Å². The van der Waals surface area contributed by atoms with Crippen LogP contribution in [-0.2, 0) is 37.0 Å². The van der Waals surface area contributed by atoms with Crippen molar-refractivity contribution in [2.45, 2.75) is 17.2 Å². The molecular formula is C23H23ClN2O5S2. The van der Waals surface area contributed by atoms with E-state index in [2.05, 4.69) is 5.32 Å². The number of rotatable bonds is 9. The van der Waals surface area contributed by atoms with Crippen LogP contribution in [0, 0.1) is 0 Å². The van der Waals surface area contributed by atoms with E-state index in [0.29, 0.717) is 16.3 Å². The summed E-state index contributed by atoms with van der Waals surface area (Å²) in [5.41, 5.74) is 1.68. The standard InChI is InChI=1S/C23H23ClN2O5S2/c1-26(15-18-5-3-2-4-6-18)33(30,31)22-13-11-21(12-14-22)25-23(27)17-32(28,29)16-19-7-9-20(24)10-8-19/h2-14H,15-17H2,1H3,(H,25,27). The molecule has 0 fully saturated rings. The highest BCUT2D eigenvalue weighted by atomic mass is 35.5. The van der Waals surface area contributed by atoms with Gasteiger partial charge in [0, 0.05) is 24.3 Å². The van der Waals surface area contributed by atoms with Crippen molar-refractivity contribution in [1.29, 1.82) is 0 Å². The quantitative estimate of drug-likeness (QED) is 0.476. The fourth-order valence-corrected chi connectivity index (χ4v) is 5.66. The van der Waals surface area contributed by atoms with Crippen LogP contribution in [0.5, 0.6) is 0 Å². The number of amides is 1. The second-order valence-electron chi connectivity index (χ2n) is 7.48. The lowest BCUT2D eigenvalue weighted by Gasteiger charge is -2.17. The molecule has 0 aliphatic rings. The number of nitrogens with zero attached hydrogens (tertiary/aromatic N) is 1. The predicted molar refractivity (Wildman–Crippen MR) is 129 cm³/mol. The van der Waals surface area contributed by atoms with Crippen LogP contribution in [0.15, 0.2) is 83.8 Å². The second-order valence-corrected chi connectivity index (χ2v) is 12.0. The summed E-state index contributed by atoms with van der Waals surface area (Å²) in [4.78, 5) is 12.3. The van der Waals surface area contributed by atoms with Crippen molar-refractivity contribution >= 4 is 43.1 Å². The molecule has 0 atom stereocenters. The fraction of sp³-hybridized carbons (Fsp3) is 0.174. The average Bonchev–Trinajstić information content (AvgIpc) is 2.76. The van der Waals surface area contributed by atoms with Crippen LogP contribution < -0.4 is 5.32 Å². The summed E-state index contributed by atoms with van der Waals surface area (Å²) < 4.78 is 51.5. The van der Waals surface area contributed by atoms with Gasteiger partial charge in [-0.3, -0.25) is 4.79 Å². The topological polar surface area (TPSA) is 101 Å². The number of hydrogen-bond acceptors (Lipinski definition) is 5. The predicted octanol–water partition coefficient (Wildman–Crippen LogP) is 3.71. The molecule has 174 valence electrons. The minimum Gasteiger partial charge on any atom is -0.325 e. The van der Waals surface area contributed by atoms with E-state index in [4.69, 9.17) is 11.6 Å². The Morgan fingerprint density at radius 1 is 0.848 bits per heavy atom. The lowest BCUT2D eigenvalue weighted by molar-refractivity contribution is -0.113. The third kappa shape index (κ3) is 7.13. The molecule has 0 saturated carbocycles. The van der Waals surface area contributed by atoms with E-state index in [-0.39, 0.29) is 17.2 Å². The normalized spacial score (nSPS) is 12.0. The van der Waals surface area contributed by atoms with Crippen molar-refractivity contribution in [2.75, 3.05) is 18.1 Å². The molecular weight excluding hydrogens is 484 g/mol. The molecule has 7 nitrogen and oxygen atoms in total. The Morgan fingerprint density at radius 3 is 2.06 bits per heavy atom. The first-order valence-electron chi connectivity index (χ1n) is 9.90. The molecule has 0 spiro atoms. The van der Waals surface area contributed by atoms with Crippen molar-refractivity contribution < 1.29 is 21.6 Å². The molecule has 33 heavy (non-hydrogen) atoms. The molecule has 1 amide bonds. The maximum absolute atomic E-state index is 12.8. The first-order chi connectivity index (χ1) is 15.5. The minimum atomic E-state index is -3.73. The van der Waals surface area contributed by atoms with Crippen LogP contribution in [0.2, 0.25) is 5.02 Å². The molecule has 3 aromatic carbocycles. The van der Waals surface area contributed by atoms with Gasteiger partial charge in [0.1, 0.15) is 5.75 Å². The Balaban J connectivity index is 1.61. The van der Waals surface area contributed by atoms with Crippen molar-refractivity contribution in [3.63, 3.8) is 0 Å². The Kier molecular flexibility index (Phi) is 7.91. The van der Waals surface area contributed by atoms with Gasteiger partial charge in [-0.1, -0.05) is 54.1 Å². The van der Waals surface area contributed by atoms with Gasteiger partial charge >= 0.3 is 0 Å². The summed E-state index contributed by atoms with van der Waals surface area (Å²) >= 11 is 5.80. The number of halogens is 1. The summed E-state index contributed by atoms with van der Waals surface area (Å²) in [5, 5.41) is 2.98. The first-order valence-corrected chi connectivity index (χ1v) is 13.5. The number of nitrogens with one attached hydrogen (secondary N) is 1. The molecule has 0 saturated heterocycles. The van der Waals surface area contributed by atoms with Crippen LogP contribution in [0.4, 0.5) is 5.69 Å². The van der Waals surface area contributed by atoms with E-state index in [1.807, 2.05) is 30.3 Å². The molecule has 0 heterocycles. The van der Waals surface area contributed by atoms with Crippen molar-refractivity contribution in [2.24, 2.45) is 0 Å². The maximum Gasteiger partial charge on any atom is 0.243 e. The van der Waals surface area contributed by atoms with Crippen molar-refractivity contribution in [3.8, 4) is 0 Å². The molecule has 3 rings (SSSR count). The van der Waals surface area contributed by atoms with Gasteiger partial charge in [0.25, 0.3) is 0 Å². The summed E-state index contributed by atoms with van der Waals surface area (Å²) in [6.07, 6.45) is 0. The van der Waals surface area contributed by atoms with E-state index in [1.54, 1.807) is 24.3 Å². The largest absolute Gasteiger partial charge is 0.325 e. The average molecular weight is 507 g/mol. The lowest BCUT2D eigenvalue weighted by Crippen LogP contribution is -2.26. The molecule has 0 aromatic heterocycles. The second kappa shape index (κ2) is 10.5. The van der Waals surface area contributed by atoms with E-state index in [0.717, 1.165) is 5.56 Å². The summed E-state index contributed by atoms with van der Waals surface area (Å²) in [7, 11) is -5.94. The van der Waals surface area contributed by atoms with E-state index >= 15 is 0 Å². The number of hydrogen-bond donors (Lipinski definition) is 1. The van der Waals surface area contributed by atoms with Crippen LogP contribution in [0.3, 0.4) is 0 Å². The zero-order valence-electron chi connectivity index (χ0n) is 17.8. The Labute approximate surface area is 199 Å². The van der Waals surface area contributed by atoms with Gasteiger partial charge in [0.2, 0.25) is 15.9 Å². The Hall–Kier alpha value is -2.72. The molecule has 3 aromatic rings. The van der Waals surface area contributed by atoms with Gasteiger partial charge in [-0.25, -0.2) is 16.8 Å². The van der Waals surface area contributed by atoms with Gasteiger partial charge in [0.05, 0.1) is 10.6 Å². The van der Waals surface area contributed by atoms with Gasteiger partial charge in [0.15, 0.2) is 9.84 Å². The first kappa shape index (κ1) is 24.9. The molecule has 0 aliphatic carbocycles. The zero-order chi connectivity index (χ0) is 24.1. The number of sulfonamides is 1. The van der Waals surface area contributed by atoms with E-state index in [9.17, 15) is 21.6 Å². The molecule has 0 bridgehead atoms. The molecule has 0 radical (unpaired) electrons. The third-order valence-corrected chi connectivity index (χ3v) is 8.29. The highest BCUT2D eigenvalue weighted by Gasteiger charge is 2.21. The van der Waals surface area contributed by atoms with Crippen LogP contribution in [0.25, 0.3) is 0 Å². The Bertz CT molecular complexity index is 1310. The summed E-state index contributed by atoms with van der Waals surface area (Å²) in [5.74, 6) is -1.70. The van der Waals surface area contributed by atoms with Gasteiger partial charge in [-0.15, -0.1) is 0 Å². The molecule has 1 N–H and O–H groups in total. The number of anilines is 1. The highest BCUT2D eigenvalue weighted by Crippen LogP contribution is 2.19. The molecule has 10 heteroatoms. The smallest absolute Gasteiger partial charge is 0.243 e. The Morgan fingerprint density at radius 2 is 1.45 bits per heavy atom. The van der Waals surface area contributed by atoms with Gasteiger partial charge < -0.3 is 5.32 Å². The minimum absolute atomic E-state index is 0.0642. The lowest BCUT2D eigenvalue weighted by atomic mass is 10.2.